The van der Waals surface area contributed by atoms with Crippen molar-refractivity contribution in [3.63, 3.8) is 0 Å². The first-order chi connectivity index (χ1) is 8.54. The largest absolute Gasteiger partial charge is 0.359 e. The molecule has 0 radical (unpaired) electrons. The number of H-pyrrole nitrogens is 1. The number of hydrogen-bond donors (Lipinski definition) is 3. The molecule has 1 heterocycles. The molecule has 0 unspecified atom stereocenters. The summed E-state index contributed by atoms with van der Waals surface area (Å²) < 4.78 is 0. The van der Waals surface area contributed by atoms with E-state index in [1.165, 1.54) is 5.39 Å². The van der Waals surface area contributed by atoms with Crippen LogP contribution in [0.1, 0.15) is 25.1 Å². The lowest BCUT2D eigenvalue weighted by atomic mass is 10.1. The number of aryl methyl sites for hydroxylation is 1. The van der Waals surface area contributed by atoms with Crippen LogP contribution in [0.5, 0.6) is 0 Å². The number of rotatable bonds is 3. The minimum atomic E-state index is -0.129. The number of hydrogen-bond acceptors (Lipinski definition) is 1. The van der Waals surface area contributed by atoms with E-state index in [0.29, 0.717) is 6.54 Å². The monoisotopic (exact) mass is 245 g/mol. The first-order valence-corrected chi connectivity index (χ1v) is 6.17. The van der Waals surface area contributed by atoms with Crippen LogP contribution in [-0.2, 0) is 6.54 Å². The molecule has 2 aromatic rings. The normalized spacial score (nSPS) is 10.9. The summed E-state index contributed by atoms with van der Waals surface area (Å²) >= 11 is 0. The van der Waals surface area contributed by atoms with E-state index in [9.17, 15) is 4.79 Å². The summed E-state index contributed by atoms with van der Waals surface area (Å²) in [6.07, 6.45) is 0. The Kier molecular flexibility index (Phi) is 3.55. The summed E-state index contributed by atoms with van der Waals surface area (Å²) in [7, 11) is 0. The first-order valence-electron chi connectivity index (χ1n) is 6.17. The lowest BCUT2D eigenvalue weighted by molar-refractivity contribution is 0.238. The third-order valence-electron chi connectivity index (χ3n) is 2.69. The fraction of sp³-hybridized carbons (Fsp3) is 0.357. The number of amides is 2. The van der Waals surface area contributed by atoms with Gasteiger partial charge in [-0.2, -0.15) is 0 Å². The molecule has 18 heavy (non-hydrogen) atoms. The van der Waals surface area contributed by atoms with Crippen LogP contribution >= 0.6 is 0 Å². The van der Waals surface area contributed by atoms with Crippen molar-refractivity contribution in [1.29, 1.82) is 0 Å². The lowest BCUT2D eigenvalue weighted by Crippen LogP contribution is -2.39. The van der Waals surface area contributed by atoms with E-state index in [4.69, 9.17) is 0 Å². The van der Waals surface area contributed by atoms with Crippen LogP contribution in [0.2, 0.25) is 0 Å². The minimum absolute atomic E-state index is 0.129. The Bertz CT molecular complexity index is 557. The highest BCUT2D eigenvalue weighted by Gasteiger charge is 2.03. The zero-order valence-electron chi connectivity index (χ0n) is 11.0. The van der Waals surface area contributed by atoms with Gasteiger partial charge in [-0.05, 0) is 49.9 Å². The molecule has 1 aromatic carbocycles. The van der Waals surface area contributed by atoms with E-state index in [1.807, 2.05) is 32.9 Å². The number of carbonyl (C=O) groups is 1. The van der Waals surface area contributed by atoms with Crippen molar-refractivity contribution < 1.29 is 4.79 Å². The predicted molar refractivity (Wildman–Crippen MR) is 73.5 cm³/mol. The molecule has 96 valence electrons. The minimum Gasteiger partial charge on any atom is -0.359 e. The maximum Gasteiger partial charge on any atom is 0.315 e. The molecule has 4 heteroatoms. The second kappa shape index (κ2) is 5.12. The summed E-state index contributed by atoms with van der Waals surface area (Å²) in [6.45, 7) is 6.45. The number of benzene rings is 1. The molecular weight excluding hydrogens is 226 g/mol. The molecule has 0 fully saturated rings. The smallest absolute Gasteiger partial charge is 0.315 e. The van der Waals surface area contributed by atoms with Crippen LogP contribution in [-0.4, -0.2) is 17.1 Å². The summed E-state index contributed by atoms with van der Waals surface area (Å²) in [5.41, 5.74) is 3.37. The number of urea groups is 1. The van der Waals surface area contributed by atoms with Crippen molar-refractivity contribution in [2.75, 3.05) is 0 Å². The van der Waals surface area contributed by atoms with Gasteiger partial charge in [0.2, 0.25) is 0 Å². The standard InChI is InChI=1S/C14H19N3O/c1-9(2)16-14(18)15-8-11-4-5-13-12(7-11)6-10(3)17-13/h4-7,9,17H,8H2,1-3H3,(H2,15,16,18). The number of carbonyl (C=O) groups excluding carboxylic acids is 1. The topological polar surface area (TPSA) is 56.9 Å². The maximum atomic E-state index is 11.5. The molecule has 0 atom stereocenters. The maximum absolute atomic E-state index is 11.5. The van der Waals surface area contributed by atoms with Gasteiger partial charge in [0.15, 0.2) is 0 Å². The third-order valence-corrected chi connectivity index (χ3v) is 2.69. The molecule has 1 aromatic heterocycles. The fourth-order valence-corrected chi connectivity index (χ4v) is 1.93. The van der Waals surface area contributed by atoms with E-state index in [0.717, 1.165) is 16.8 Å². The molecule has 0 aliphatic heterocycles. The van der Waals surface area contributed by atoms with Crippen LogP contribution in [0, 0.1) is 6.92 Å². The van der Waals surface area contributed by atoms with Gasteiger partial charge in [0.05, 0.1) is 0 Å². The van der Waals surface area contributed by atoms with E-state index in [2.05, 4.69) is 27.8 Å². The Morgan fingerprint density at radius 3 is 2.83 bits per heavy atom. The number of aromatic amines is 1. The van der Waals surface area contributed by atoms with Crippen molar-refractivity contribution in [2.45, 2.75) is 33.4 Å². The molecule has 4 nitrogen and oxygen atoms in total. The van der Waals surface area contributed by atoms with Gasteiger partial charge in [-0.1, -0.05) is 6.07 Å². The lowest BCUT2D eigenvalue weighted by Gasteiger charge is -2.10. The average Bonchev–Trinajstić information content (AvgIpc) is 2.64. The van der Waals surface area contributed by atoms with Crippen molar-refractivity contribution in [3.8, 4) is 0 Å². The highest BCUT2D eigenvalue weighted by Crippen LogP contribution is 2.16. The summed E-state index contributed by atoms with van der Waals surface area (Å²) in [5.74, 6) is 0. The quantitative estimate of drug-likeness (QED) is 0.765. The van der Waals surface area contributed by atoms with E-state index in [-0.39, 0.29) is 12.1 Å². The summed E-state index contributed by atoms with van der Waals surface area (Å²) in [6, 6.07) is 8.28. The van der Waals surface area contributed by atoms with Gasteiger partial charge in [0, 0.05) is 23.8 Å². The van der Waals surface area contributed by atoms with Crippen LogP contribution in [0.3, 0.4) is 0 Å². The van der Waals surface area contributed by atoms with Crippen LogP contribution in [0.15, 0.2) is 24.3 Å². The van der Waals surface area contributed by atoms with Crippen molar-refractivity contribution in [3.05, 3.63) is 35.5 Å². The van der Waals surface area contributed by atoms with E-state index in [1.54, 1.807) is 0 Å². The molecule has 0 aliphatic carbocycles. The van der Waals surface area contributed by atoms with Gasteiger partial charge in [0.25, 0.3) is 0 Å². The SMILES string of the molecule is Cc1cc2cc(CNC(=O)NC(C)C)ccc2[nH]1. The highest BCUT2D eigenvalue weighted by molar-refractivity contribution is 5.81. The van der Waals surface area contributed by atoms with Crippen LogP contribution < -0.4 is 10.6 Å². The van der Waals surface area contributed by atoms with Crippen LogP contribution in [0.4, 0.5) is 4.79 Å². The molecule has 3 N–H and O–H groups in total. The molecule has 0 aliphatic rings. The zero-order chi connectivity index (χ0) is 13.1. The van der Waals surface area contributed by atoms with Gasteiger partial charge in [-0.25, -0.2) is 4.79 Å². The second-order valence-electron chi connectivity index (χ2n) is 4.86. The molecule has 0 bridgehead atoms. The molecule has 2 rings (SSSR count). The number of nitrogens with one attached hydrogen (secondary N) is 3. The Balaban J connectivity index is 2.01. The van der Waals surface area contributed by atoms with Crippen LogP contribution in [0.25, 0.3) is 10.9 Å². The van der Waals surface area contributed by atoms with E-state index < -0.39 is 0 Å². The molecule has 0 spiro atoms. The first kappa shape index (κ1) is 12.5. The van der Waals surface area contributed by atoms with Crippen molar-refractivity contribution in [2.24, 2.45) is 0 Å². The zero-order valence-corrected chi connectivity index (χ0v) is 11.0. The Hall–Kier alpha value is -1.97. The van der Waals surface area contributed by atoms with Gasteiger partial charge in [0.1, 0.15) is 0 Å². The summed E-state index contributed by atoms with van der Waals surface area (Å²) in [4.78, 5) is 14.7. The van der Waals surface area contributed by atoms with Crippen molar-refractivity contribution in [1.82, 2.24) is 15.6 Å². The summed E-state index contributed by atoms with van der Waals surface area (Å²) in [5, 5.41) is 6.82. The highest BCUT2D eigenvalue weighted by atomic mass is 16.2. The Morgan fingerprint density at radius 1 is 1.33 bits per heavy atom. The molecular formula is C14H19N3O. The fourth-order valence-electron chi connectivity index (χ4n) is 1.93. The molecule has 2 amide bonds. The third kappa shape index (κ3) is 3.03. The second-order valence-corrected chi connectivity index (χ2v) is 4.86. The van der Waals surface area contributed by atoms with Crippen molar-refractivity contribution >= 4 is 16.9 Å². The van der Waals surface area contributed by atoms with E-state index >= 15 is 0 Å². The molecule has 0 saturated heterocycles. The number of fused-ring (bicyclic) bond motifs is 1. The predicted octanol–water partition coefficient (Wildman–Crippen LogP) is 2.68. The number of aromatic nitrogens is 1. The van der Waals surface area contributed by atoms with Gasteiger partial charge in [-0.15, -0.1) is 0 Å². The Morgan fingerprint density at radius 2 is 2.11 bits per heavy atom. The average molecular weight is 245 g/mol. The Labute approximate surface area is 107 Å². The van der Waals surface area contributed by atoms with Gasteiger partial charge >= 0.3 is 6.03 Å². The van der Waals surface area contributed by atoms with Gasteiger partial charge < -0.3 is 15.6 Å². The van der Waals surface area contributed by atoms with Gasteiger partial charge in [-0.3, -0.25) is 0 Å². The molecule has 0 saturated carbocycles.